The maximum absolute atomic E-state index is 12.6. The highest BCUT2D eigenvalue weighted by Crippen LogP contribution is 2.28. The van der Waals surface area contributed by atoms with Gasteiger partial charge in [-0.3, -0.25) is 4.79 Å². The third-order valence-corrected chi connectivity index (χ3v) is 6.46. The minimum absolute atomic E-state index is 0.0379. The molecular formula is C23H26N2O2S. The second-order valence-corrected chi connectivity index (χ2v) is 8.34. The molecule has 0 N–H and O–H groups in total. The number of carbonyl (C=O) groups excluding carboxylic acids is 1. The summed E-state index contributed by atoms with van der Waals surface area (Å²) in [5, 5.41) is 0. The first kappa shape index (κ1) is 19.1. The molecule has 28 heavy (non-hydrogen) atoms. The summed E-state index contributed by atoms with van der Waals surface area (Å²) in [6.07, 6.45) is 2.01. The first-order valence-corrected chi connectivity index (χ1v) is 11.1. The summed E-state index contributed by atoms with van der Waals surface area (Å²) < 4.78 is 5.98. The van der Waals surface area contributed by atoms with E-state index in [0.29, 0.717) is 5.75 Å². The van der Waals surface area contributed by atoms with Crippen LogP contribution in [0.25, 0.3) is 0 Å². The number of ether oxygens (including phenoxy) is 1. The third kappa shape index (κ3) is 3.95. The Balaban J connectivity index is 1.32. The van der Waals surface area contributed by atoms with E-state index < -0.39 is 0 Å². The molecule has 0 aliphatic carbocycles. The van der Waals surface area contributed by atoms with Crippen LogP contribution in [-0.2, 0) is 22.4 Å². The van der Waals surface area contributed by atoms with Crippen molar-refractivity contribution in [2.45, 2.75) is 38.8 Å². The highest BCUT2D eigenvalue weighted by molar-refractivity contribution is 8.00. The van der Waals surface area contributed by atoms with Crippen LogP contribution >= 0.6 is 11.8 Å². The first-order valence-electron chi connectivity index (χ1n) is 9.95. The van der Waals surface area contributed by atoms with Gasteiger partial charge in [-0.1, -0.05) is 37.3 Å². The molecule has 2 aromatic carbocycles. The molecule has 4 rings (SSSR count). The molecule has 0 saturated heterocycles. The topological polar surface area (TPSA) is 41.9 Å². The zero-order chi connectivity index (χ0) is 19.5. The Hall–Kier alpha value is -2.27. The lowest BCUT2D eigenvalue weighted by molar-refractivity contribution is -0.116. The van der Waals surface area contributed by atoms with Gasteiger partial charge in [0.2, 0.25) is 11.8 Å². The Morgan fingerprint density at radius 2 is 2.00 bits per heavy atom. The third-order valence-electron chi connectivity index (χ3n) is 5.43. The van der Waals surface area contributed by atoms with E-state index in [-0.39, 0.29) is 18.1 Å². The van der Waals surface area contributed by atoms with Gasteiger partial charge in [-0.05, 0) is 49.1 Å². The van der Waals surface area contributed by atoms with E-state index in [2.05, 4.69) is 44.2 Å². The number of carbonyl (C=O) groups is 1. The van der Waals surface area contributed by atoms with Gasteiger partial charge in [-0.25, -0.2) is 4.99 Å². The number of anilines is 1. The monoisotopic (exact) mass is 394 g/mol. The SMILES string of the molecule is CCc1ccc(C2=NC(CSCC(=O)N3CCc4ccccc43)C(C)O2)cc1. The second kappa shape index (κ2) is 8.39. The van der Waals surface area contributed by atoms with Gasteiger partial charge in [-0.15, -0.1) is 11.8 Å². The summed E-state index contributed by atoms with van der Waals surface area (Å²) in [7, 11) is 0. The van der Waals surface area contributed by atoms with Gasteiger partial charge in [0.25, 0.3) is 0 Å². The van der Waals surface area contributed by atoms with Crippen LogP contribution < -0.4 is 4.90 Å². The van der Waals surface area contributed by atoms with Crippen LogP contribution in [0.4, 0.5) is 5.69 Å². The number of benzene rings is 2. The van der Waals surface area contributed by atoms with Crippen LogP contribution in [0.15, 0.2) is 53.5 Å². The van der Waals surface area contributed by atoms with E-state index in [1.807, 2.05) is 23.1 Å². The molecule has 0 bridgehead atoms. The summed E-state index contributed by atoms with van der Waals surface area (Å²) in [6, 6.07) is 16.7. The van der Waals surface area contributed by atoms with Gasteiger partial charge in [0.15, 0.2) is 0 Å². The standard InChI is InChI=1S/C23H26N2O2S/c1-3-17-8-10-19(11-9-17)23-24-20(16(2)27-23)14-28-15-22(26)25-13-12-18-6-4-5-7-21(18)25/h4-11,16,20H,3,12-15H2,1-2H3. The zero-order valence-corrected chi connectivity index (χ0v) is 17.2. The van der Waals surface area contributed by atoms with Gasteiger partial charge < -0.3 is 9.64 Å². The number of aliphatic imine (C=N–C) groups is 1. The summed E-state index contributed by atoms with van der Waals surface area (Å²) >= 11 is 1.65. The van der Waals surface area contributed by atoms with Crippen LogP contribution in [0.5, 0.6) is 0 Å². The molecule has 5 heteroatoms. The second-order valence-electron chi connectivity index (χ2n) is 7.31. The number of aryl methyl sites for hydroxylation is 1. The molecule has 0 radical (unpaired) electrons. The van der Waals surface area contributed by atoms with E-state index >= 15 is 0 Å². The molecule has 2 atom stereocenters. The minimum atomic E-state index is 0.0379. The van der Waals surface area contributed by atoms with Crippen molar-refractivity contribution in [3.8, 4) is 0 Å². The molecule has 0 aromatic heterocycles. The van der Waals surface area contributed by atoms with E-state index in [0.717, 1.165) is 42.3 Å². The Kier molecular flexibility index (Phi) is 5.72. The molecule has 0 saturated carbocycles. The van der Waals surface area contributed by atoms with E-state index in [9.17, 15) is 4.79 Å². The normalized spacial score (nSPS) is 20.6. The molecule has 2 heterocycles. The summed E-state index contributed by atoms with van der Waals surface area (Å²) in [5.74, 6) is 2.17. The number of para-hydroxylation sites is 1. The zero-order valence-electron chi connectivity index (χ0n) is 16.4. The average Bonchev–Trinajstić information content (AvgIpc) is 3.32. The van der Waals surface area contributed by atoms with Crippen molar-refractivity contribution in [1.29, 1.82) is 0 Å². The summed E-state index contributed by atoms with van der Waals surface area (Å²) in [6.45, 7) is 4.99. The fraction of sp³-hybridized carbons (Fsp3) is 0.391. The fourth-order valence-electron chi connectivity index (χ4n) is 3.68. The Morgan fingerprint density at radius 3 is 2.79 bits per heavy atom. The van der Waals surface area contributed by atoms with E-state index in [4.69, 9.17) is 9.73 Å². The number of hydrogen-bond donors (Lipinski definition) is 0. The highest BCUT2D eigenvalue weighted by Gasteiger charge is 2.29. The maximum Gasteiger partial charge on any atom is 0.236 e. The average molecular weight is 395 g/mol. The molecule has 2 aliphatic rings. The number of nitrogens with zero attached hydrogens (tertiary/aromatic N) is 2. The molecule has 2 aliphatic heterocycles. The first-order chi connectivity index (χ1) is 13.7. The van der Waals surface area contributed by atoms with Gasteiger partial charge in [0.1, 0.15) is 6.10 Å². The molecule has 2 unspecified atom stereocenters. The number of amides is 1. The van der Waals surface area contributed by atoms with Gasteiger partial charge in [0, 0.05) is 23.5 Å². The molecular weight excluding hydrogens is 368 g/mol. The largest absolute Gasteiger partial charge is 0.472 e. The van der Waals surface area contributed by atoms with Crippen LogP contribution in [0.3, 0.4) is 0 Å². The number of hydrogen-bond acceptors (Lipinski definition) is 4. The predicted octanol–water partition coefficient (Wildman–Crippen LogP) is 4.11. The van der Waals surface area contributed by atoms with Crippen molar-refractivity contribution in [1.82, 2.24) is 0 Å². The van der Waals surface area contributed by atoms with Crippen LogP contribution in [0.2, 0.25) is 0 Å². The molecule has 4 nitrogen and oxygen atoms in total. The van der Waals surface area contributed by atoms with E-state index in [1.54, 1.807) is 11.8 Å². The molecule has 1 amide bonds. The molecule has 146 valence electrons. The molecule has 2 aromatic rings. The quantitative estimate of drug-likeness (QED) is 0.741. The fourth-order valence-corrected chi connectivity index (χ4v) is 4.72. The van der Waals surface area contributed by atoms with Gasteiger partial charge >= 0.3 is 0 Å². The molecule has 0 fully saturated rings. The van der Waals surface area contributed by atoms with Crippen molar-refractivity contribution < 1.29 is 9.53 Å². The lowest BCUT2D eigenvalue weighted by Gasteiger charge is -2.18. The summed E-state index contributed by atoms with van der Waals surface area (Å²) in [4.78, 5) is 19.3. The van der Waals surface area contributed by atoms with Crippen molar-refractivity contribution >= 4 is 29.3 Å². The lowest BCUT2D eigenvalue weighted by Crippen LogP contribution is -2.31. The van der Waals surface area contributed by atoms with Gasteiger partial charge in [-0.2, -0.15) is 0 Å². The Morgan fingerprint density at radius 1 is 1.21 bits per heavy atom. The Bertz CT molecular complexity index is 878. The summed E-state index contributed by atoms with van der Waals surface area (Å²) in [5.41, 5.74) is 4.68. The van der Waals surface area contributed by atoms with Crippen LogP contribution in [0, 0.1) is 0 Å². The van der Waals surface area contributed by atoms with Crippen LogP contribution in [0.1, 0.15) is 30.5 Å². The van der Waals surface area contributed by atoms with Crippen molar-refractivity contribution in [2.75, 3.05) is 23.0 Å². The maximum atomic E-state index is 12.6. The minimum Gasteiger partial charge on any atom is -0.472 e. The van der Waals surface area contributed by atoms with Crippen molar-refractivity contribution in [2.24, 2.45) is 4.99 Å². The molecule has 0 spiro atoms. The van der Waals surface area contributed by atoms with Crippen LogP contribution in [-0.4, -0.2) is 42.0 Å². The number of thioether (sulfide) groups is 1. The van der Waals surface area contributed by atoms with Crippen molar-refractivity contribution in [3.63, 3.8) is 0 Å². The predicted molar refractivity (Wildman–Crippen MR) is 117 cm³/mol. The van der Waals surface area contributed by atoms with E-state index in [1.165, 1.54) is 11.1 Å². The Labute approximate surface area is 171 Å². The lowest BCUT2D eigenvalue weighted by atomic mass is 10.1. The number of fused-ring (bicyclic) bond motifs is 1. The number of rotatable bonds is 6. The highest BCUT2D eigenvalue weighted by atomic mass is 32.2. The van der Waals surface area contributed by atoms with Gasteiger partial charge in [0.05, 0.1) is 11.8 Å². The smallest absolute Gasteiger partial charge is 0.236 e. The van der Waals surface area contributed by atoms with Crippen molar-refractivity contribution in [3.05, 3.63) is 65.2 Å².